The third kappa shape index (κ3) is 3.61. The van der Waals surface area contributed by atoms with E-state index in [2.05, 4.69) is 29.5 Å². The van der Waals surface area contributed by atoms with Crippen LogP contribution < -0.4 is 14.8 Å². The summed E-state index contributed by atoms with van der Waals surface area (Å²) in [5, 5.41) is 16.8. The minimum absolute atomic E-state index is 0.0673. The minimum atomic E-state index is 0.0673. The van der Waals surface area contributed by atoms with Crippen molar-refractivity contribution in [3.63, 3.8) is 0 Å². The van der Waals surface area contributed by atoms with E-state index in [9.17, 15) is 5.21 Å². The van der Waals surface area contributed by atoms with E-state index in [1.54, 1.807) is 14.2 Å². The second-order valence-electron chi connectivity index (χ2n) is 6.33. The lowest BCUT2D eigenvalue weighted by Gasteiger charge is -2.37. The normalized spacial score (nSPS) is 24.9. The van der Waals surface area contributed by atoms with Gasteiger partial charge in [-0.05, 0) is 35.4 Å². The molecule has 3 rings (SSSR count). The Morgan fingerprint density at radius 3 is 1.92 bits per heavy atom. The summed E-state index contributed by atoms with van der Waals surface area (Å²) in [6.07, 6.45) is 0.677. The van der Waals surface area contributed by atoms with Crippen LogP contribution in [0.5, 0.6) is 11.5 Å². The molecule has 1 fully saturated rings. The molecule has 0 radical (unpaired) electrons. The number of benzene rings is 2. The Morgan fingerprint density at radius 2 is 1.44 bits per heavy atom. The highest BCUT2D eigenvalue weighted by Crippen LogP contribution is 2.36. The van der Waals surface area contributed by atoms with Crippen molar-refractivity contribution in [3.8, 4) is 11.5 Å². The van der Waals surface area contributed by atoms with E-state index in [1.807, 2.05) is 36.4 Å². The first-order chi connectivity index (χ1) is 12.2. The molecule has 0 aliphatic carbocycles. The molecule has 0 bridgehead atoms. The van der Waals surface area contributed by atoms with Crippen LogP contribution in [-0.2, 0) is 0 Å². The van der Waals surface area contributed by atoms with E-state index in [-0.39, 0.29) is 18.0 Å². The molecular formula is C20H24N2O3. The van der Waals surface area contributed by atoms with E-state index in [0.717, 1.165) is 28.3 Å². The van der Waals surface area contributed by atoms with Crippen LogP contribution in [0.25, 0.3) is 0 Å². The fraction of sp³-hybridized carbons (Fsp3) is 0.350. The predicted octanol–water partition coefficient (Wildman–Crippen LogP) is 3.95. The van der Waals surface area contributed by atoms with Gasteiger partial charge in [0.2, 0.25) is 0 Å². The highest BCUT2D eigenvalue weighted by atomic mass is 16.5. The summed E-state index contributed by atoms with van der Waals surface area (Å²) in [5.41, 5.74) is 3.10. The Kier molecular flexibility index (Phi) is 5.24. The molecule has 1 saturated heterocycles. The summed E-state index contributed by atoms with van der Waals surface area (Å²) in [6.45, 7) is 2.08. The quantitative estimate of drug-likeness (QED) is 0.653. The summed E-state index contributed by atoms with van der Waals surface area (Å²) in [7, 11) is 3.32. The number of nitrogens with zero attached hydrogens (tertiary/aromatic N) is 1. The van der Waals surface area contributed by atoms with Gasteiger partial charge in [0.15, 0.2) is 0 Å². The molecule has 5 heteroatoms. The molecule has 0 amide bonds. The number of nitrogens with one attached hydrogen (secondary N) is 1. The molecule has 1 aliphatic rings. The van der Waals surface area contributed by atoms with Gasteiger partial charge in [-0.25, -0.2) is 0 Å². The Hall–Kier alpha value is -2.53. The maximum atomic E-state index is 9.48. The highest BCUT2D eigenvalue weighted by Gasteiger charge is 2.33. The number of hydrogen-bond acceptors (Lipinski definition) is 5. The zero-order chi connectivity index (χ0) is 17.8. The molecule has 5 nitrogen and oxygen atoms in total. The zero-order valence-electron chi connectivity index (χ0n) is 14.8. The molecule has 2 N–H and O–H groups in total. The van der Waals surface area contributed by atoms with Crippen molar-refractivity contribution in [2.24, 2.45) is 11.1 Å². The lowest BCUT2D eigenvalue weighted by atomic mass is 9.81. The molecular weight excluding hydrogens is 316 g/mol. The van der Waals surface area contributed by atoms with E-state index < -0.39 is 0 Å². The van der Waals surface area contributed by atoms with E-state index >= 15 is 0 Å². The molecule has 1 aliphatic heterocycles. The first-order valence-electron chi connectivity index (χ1n) is 8.41. The smallest absolute Gasteiger partial charge is 0.118 e. The van der Waals surface area contributed by atoms with Crippen LogP contribution in [0.1, 0.15) is 36.6 Å². The van der Waals surface area contributed by atoms with Gasteiger partial charge < -0.3 is 20.0 Å². The lowest BCUT2D eigenvalue weighted by molar-refractivity contribution is 0.294. The summed E-state index contributed by atoms with van der Waals surface area (Å²) in [6, 6.07) is 16.2. The third-order valence-electron chi connectivity index (χ3n) is 4.94. The molecule has 0 spiro atoms. The zero-order valence-corrected chi connectivity index (χ0v) is 14.8. The largest absolute Gasteiger partial charge is 0.497 e. The summed E-state index contributed by atoms with van der Waals surface area (Å²) in [4.78, 5) is 0. The number of piperidine rings is 1. The number of rotatable bonds is 4. The van der Waals surface area contributed by atoms with Crippen LogP contribution >= 0.6 is 0 Å². The second-order valence-corrected chi connectivity index (χ2v) is 6.33. The molecule has 2 aromatic rings. The van der Waals surface area contributed by atoms with Gasteiger partial charge in [-0.2, -0.15) is 0 Å². The minimum Gasteiger partial charge on any atom is -0.497 e. The van der Waals surface area contributed by atoms with Gasteiger partial charge in [-0.1, -0.05) is 36.3 Å². The number of ether oxygens (including phenoxy) is 2. The van der Waals surface area contributed by atoms with Crippen molar-refractivity contribution in [1.29, 1.82) is 0 Å². The third-order valence-corrected chi connectivity index (χ3v) is 4.94. The standard InChI is InChI=1S/C20H24N2O3/c1-13-18(22-23)12-19(14-4-8-16(24-2)9-5-14)21-20(13)15-6-10-17(25-3)11-7-15/h4-11,13,19-21,23H,12H2,1-3H3/b22-18-. The molecule has 2 aromatic carbocycles. The first-order valence-corrected chi connectivity index (χ1v) is 8.41. The Labute approximate surface area is 148 Å². The van der Waals surface area contributed by atoms with Crippen LogP contribution in [-0.4, -0.2) is 25.1 Å². The topological polar surface area (TPSA) is 63.1 Å². The highest BCUT2D eigenvalue weighted by molar-refractivity contribution is 5.88. The SMILES string of the molecule is COc1ccc(C2C/C(=N/O)C(C)C(c3ccc(OC)cc3)N2)cc1. The van der Waals surface area contributed by atoms with Gasteiger partial charge >= 0.3 is 0 Å². The van der Waals surface area contributed by atoms with Gasteiger partial charge in [-0.3, -0.25) is 0 Å². The van der Waals surface area contributed by atoms with Crippen molar-refractivity contribution in [2.45, 2.75) is 25.4 Å². The van der Waals surface area contributed by atoms with Gasteiger partial charge in [0, 0.05) is 24.4 Å². The van der Waals surface area contributed by atoms with Gasteiger partial charge in [0.1, 0.15) is 11.5 Å². The maximum Gasteiger partial charge on any atom is 0.118 e. The summed E-state index contributed by atoms with van der Waals surface area (Å²) < 4.78 is 10.5. The van der Waals surface area contributed by atoms with Crippen LogP contribution in [0.15, 0.2) is 53.7 Å². The number of oxime groups is 1. The molecule has 3 unspecified atom stereocenters. The van der Waals surface area contributed by atoms with E-state index in [1.165, 1.54) is 0 Å². The van der Waals surface area contributed by atoms with Crippen molar-refractivity contribution >= 4 is 5.71 Å². The van der Waals surface area contributed by atoms with Gasteiger partial charge in [-0.15, -0.1) is 0 Å². The second kappa shape index (κ2) is 7.57. The van der Waals surface area contributed by atoms with Gasteiger partial charge in [0.05, 0.1) is 19.9 Å². The molecule has 3 atom stereocenters. The van der Waals surface area contributed by atoms with E-state index in [4.69, 9.17) is 9.47 Å². The fourth-order valence-corrected chi connectivity index (χ4v) is 3.39. The van der Waals surface area contributed by atoms with Crippen LogP contribution in [0, 0.1) is 5.92 Å². The predicted molar refractivity (Wildman–Crippen MR) is 97.6 cm³/mol. The average Bonchev–Trinajstić information content (AvgIpc) is 2.68. The Morgan fingerprint density at radius 1 is 0.920 bits per heavy atom. The lowest BCUT2D eigenvalue weighted by Crippen LogP contribution is -2.41. The Balaban J connectivity index is 1.88. The fourth-order valence-electron chi connectivity index (χ4n) is 3.39. The molecule has 25 heavy (non-hydrogen) atoms. The van der Waals surface area contributed by atoms with Crippen molar-refractivity contribution < 1.29 is 14.7 Å². The van der Waals surface area contributed by atoms with Crippen LogP contribution in [0.4, 0.5) is 0 Å². The van der Waals surface area contributed by atoms with Crippen molar-refractivity contribution in [1.82, 2.24) is 5.32 Å². The first kappa shape index (κ1) is 17.3. The monoisotopic (exact) mass is 340 g/mol. The average molecular weight is 340 g/mol. The molecule has 132 valence electrons. The van der Waals surface area contributed by atoms with Gasteiger partial charge in [0.25, 0.3) is 0 Å². The Bertz CT molecular complexity index is 726. The summed E-state index contributed by atoms with van der Waals surface area (Å²) >= 11 is 0. The maximum absolute atomic E-state index is 9.48. The number of hydrogen-bond donors (Lipinski definition) is 2. The van der Waals surface area contributed by atoms with Crippen LogP contribution in [0.3, 0.4) is 0 Å². The summed E-state index contributed by atoms with van der Waals surface area (Å²) in [5.74, 6) is 1.76. The molecule has 0 aromatic heterocycles. The van der Waals surface area contributed by atoms with Crippen molar-refractivity contribution in [3.05, 3.63) is 59.7 Å². The number of methoxy groups -OCH3 is 2. The molecule has 0 saturated carbocycles. The molecule has 1 heterocycles. The van der Waals surface area contributed by atoms with Crippen LogP contribution in [0.2, 0.25) is 0 Å². The van der Waals surface area contributed by atoms with Crippen molar-refractivity contribution in [2.75, 3.05) is 14.2 Å². The van der Waals surface area contributed by atoms with E-state index in [0.29, 0.717) is 6.42 Å².